The van der Waals surface area contributed by atoms with Gasteiger partial charge >= 0.3 is 0 Å². The Morgan fingerprint density at radius 2 is 2.18 bits per heavy atom. The number of carbonyl (C=O) groups is 1. The van der Waals surface area contributed by atoms with Gasteiger partial charge in [-0.15, -0.1) is 6.58 Å². The largest absolute Gasteiger partial charge is 0.376 e. The van der Waals surface area contributed by atoms with Crippen LogP contribution in [0.25, 0.3) is 0 Å². The van der Waals surface area contributed by atoms with E-state index in [1.54, 1.807) is 12.1 Å². The molecular weight excluding hydrogens is 216 g/mol. The SMILES string of the molecule is C=C(C)CCOCc1ccccc1C(=O)NN. The molecule has 0 aromatic heterocycles. The first-order valence-electron chi connectivity index (χ1n) is 5.46. The first-order valence-corrected chi connectivity index (χ1v) is 5.46. The highest BCUT2D eigenvalue weighted by atomic mass is 16.5. The van der Waals surface area contributed by atoms with Gasteiger partial charge in [-0.1, -0.05) is 23.8 Å². The van der Waals surface area contributed by atoms with E-state index in [9.17, 15) is 4.79 Å². The molecule has 0 atom stereocenters. The summed E-state index contributed by atoms with van der Waals surface area (Å²) in [6.07, 6.45) is 0.825. The summed E-state index contributed by atoms with van der Waals surface area (Å²) in [6, 6.07) is 7.23. The van der Waals surface area contributed by atoms with E-state index in [2.05, 4.69) is 12.0 Å². The van der Waals surface area contributed by atoms with Crippen LogP contribution >= 0.6 is 0 Å². The van der Waals surface area contributed by atoms with Gasteiger partial charge in [0, 0.05) is 5.56 Å². The van der Waals surface area contributed by atoms with Crippen LogP contribution < -0.4 is 11.3 Å². The molecule has 0 saturated heterocycles. The first kappa shape index (κ1) is 13.4. The maximum absolute atomic E-state index is 11.5. The van der Waals surface area contributed by atoms with E-state index < -0.39 is 0 Å². The van der Waals surface area contributed by atoms with Crippen molar-refractivity contribution in [2.45, 2.75) is 20.0 Å². The van der Waals surface area contributed by atoms with E-state index in [0.717, 1.165) is 17.6 Å². The van der Waals surface area contributed by atoms with Crippen molar-refractivity contribution in [3.05, 3.63) is 47.5 Å². The Labute approximate surface area is 101 Å². The van der Waals surface area contributed by atoms with Crippen molar-refractivity contribution in [2.75, 3.05) is 6.61 Å². The van der Waals surface area contributed by atoms with Crippen molar-refractivity contribution in [3.63, 3.8) is 0 Å². The van der Waals surface area contributed by atoms with Crippen LogP contribution in [0.4, 0.5) is 0 Å². The summed E-state index contributed by atoms with van der Waals surface area (Å²) < 4.78 is 5.48. The highest BCUT2D eigenvalue weighted by molar-refractivity contribution is 5.95. The summed E-state index contributed by atoms with van der Waals surface area (Å²) in [5.41, 5.74) is 4.58. The second-order valence-electron chi connectivity index (χ2n) is 3.89. The first-order chi connectivity index (χ1) is 8.15. The Morgan fingerprint density at radius 3 is 2.82 bits per heavy atom. The van der Waals surface area contributed by atoms with Crippen LogP contribution in [-0.4, -0.2) is 12.5 Å². The summed E-state index contributed by atoms with van der Waals surface area (Å²) >= 11 is 0. The Balaban J connectivity index is 2.58. The number of hydrazine groups is 1. The lowest BCUT2D eigenvalue weighted by Crippen LogP contribution is -2.30. The second-order valence-corrected chi connectivity index (χ2v) is 3.89. The molecule has 0 fully saturated rings. The molecule has 1 amide bonds. The molecule has 0 radical (unpaired) electrons. The summed E-state index contributed by atoms with van der Waals surface area (Å²) in [4.78, 5) is 11.5. The molecule has 0 saturated carbocycles. The average molecular weight is 234 g/mol. The van der Waals surface area contributed by atoms with E-state index in [0.29, 0.717) is 18.8 Å². The van der Waals surface area contributed by atoms with Crippen molar-refractivity contribution in [2.24, 2.45) is 5.84 Å². The predicted octanol–water partition coefficient (Wildman–Crippen LogP) is 1.77. The maximum atomic E-state index is 11.5. The van der Waals surface area contributed by atoms with Gasteiger partial charge in [0.05, 0.1) is 13.2 Å². The lowest BCUT2D eigenvalue weighted by molar-refractivity contribution is 0.0940. The minimum absolute atomic E-state index is 0.302. The molecule has 0 spiro atoms. The molecular formula is C13H18N2O2. The zero-order valence-corrected chi connectivity index (χ0v) is 10.0. The number of nitrogens with one attached hydrogen (secondary N) is 1. The predicted molar refractivity (Wildman–Crippen MR) is 67.2 cm³/mol. The van der Waals surface area contributed by atoms with E-state index in [1.807, 2.05) is 19.1 Å². The standard InChI is InChI=1S/C13H18N2O2/c1-10(2)7-8-17-9-11-5-3-4-6-12(11)13(16)15-14/h3-6H,1,7-9,14H2,2H3,(H,15,16). The highest BCUT2D eigenvalue weighted by Gasteiger charge is 2.08. The molecule has 4 heteroatoms. The summed E-state index contributed by atoms with van der Waals surface area (Å²) in [5, 5.41) is 0. The average Bonchev–Trinajstić information content (AvgIpc) is 2.34. The molecule has 0 aliphatic rings. The third-order valence-corrected chi connectivity index (χ3v) is 2.32. The number of hydrogen-bond donors (Lipinski definition) is 2. The second kappa shape index (κ2) is 6.83. The lowest BCUT2D eigenvalue weighted by Gasteiger charge is -2.08. The fraction of sp³-hybridized carbons (Fsp3) is 0.308. The summed E-state index contributed by atoms with van der Waals surface area (Å²) in [7, 11) is 0. The number of amides is 1. The molecule has 4 nitrogen and oxygen atoms in total. The van der Waals surface area contributed by atoms with E-state index >= 15 is 0 Å². The zero-order chi connectivity index (χ0) is 12.7. The molecule has 0 unspecified atom stereocenters. The molecule has 17 heavy (non-hydrogen) atoms. The third-order valence-electron chi connectivity index (χ3n) is 2.32. The topological polar surface area (TPSA) is 64.3 Å². The Kier molecular flexibility index (Phi) is 5.39. The Bertz CT molecular complexity index is 402. The quantitative estimate of drug-likeness (QED) is 0.259. The van der Waals surface area contributed by atoms with Crippen LogP contribution in [0.1, 0.15) is 29.3 Å². The molecule has 0 aliphatic heterocycles. The van der Waals surface area contributed by atoms with E-state index in [4.69, 9.17) is 10.6 Å². The number of ether oxygens (including phenoxy) is 1. The molecule has 0 aliphatic carbocycles. The molecule has 1 aromatic carbocycles. The number of hydrogen-bond acceptors (Lipinski definition) is 3. The van der Waals surface area contributed by atoms with Crippen molar-refractivity contribution in [1.82, 2.24) is 5.43 Å². The van der Waals surface area contributed by atoms with Gasteiger partial charge < -0.3 is 4.74 Å². The van der Waals surface area contributed by atoms with Crippen LogP contribution in [0.2, 0.25) is 0 Å². The fourth-order valence-corrected chi connectivity index (χ4v) is 1.37. The molecule has 92 valence electrons. The van der Waals surface area contributed by atoms with Crippen LogP contribution in [0.3, 0.4) is 0 Å². The zero-order valence-electron chi connectivity index (χ0n) is 10.0. The lowest BCUT2D eigenvalue weighted by atomic mass is 10.1. The highest BCUT2D eigenvalue weighted by Crippen LogP contribution is 2.10. The van der Waals surface area contributed by atoms with Gasteiger partial charge in [0.1, 0.15) is 0 Å². The van der Waals surface area contributed by atoms with Crippen molar-refractivity contribution >= 4 is 5.91 Å². The van der Waals surface area contributed by atoms with Crippen molar-refractivity contribution in [1.29, 1.82) is 0 Å². The Hall–Kier alpha value is -1.65. The van der Waals surface area contributed by atoms with Gasteiger partial charge in [0.25, 0.3) is 5.91 Å². The fourth-order valence-electron chi connectivity index (χ4n) is 1.37. The van der Waals surface area contributed by atoms with Gasteiger partial charge in [0.2, 0.25) is 0 Å². The van der Waals surface area contributed by atoms with Crippen molar-refractivity contribution < 1.29 is 9.53 Å². The van der Waals surface area contributed by atoms with Crippen LogP contribution in [-0.2, 0) is 11.3 Å². The van der Waals surface area contributed by atoms with Gasteiger partial charge in [-0.3, -0.25) is 10.2 Å². The van der Waals surface area contributed by atoms with Crippen LogP contribution in [0, 0.1) is 0 Å². The molecule has 1 rings (SSSR count). The molecule has 3 N–H and O–H groups in total. The van der Waals surface area contributed by atoms with E-state index in [1.165, 1.54) is 0 Å². The number of carbonyl (C=O) groups excluding carboxylic acids is 1. The summed E-state index contributed by atoms with van der Waals surface area (Å²) in [6.45, 7) is 6.76. The minimum Gasteiger partial charge on any atom is -0.376 e. The van der Waals surface area contributed by atoms with Gasteiger partial charge in [-0.25, -0.2) is 5.84 Å². The number of nitrogens with two attached hydrogens (primary N) is 1. The Morgan fingerprint density at radius 1 is 1.47 bits per heavy atom. The van der Waals surface area contributed by atoms with Crippen LogP contribution in [0.5, 0.6) is 0 Å². The number of rotatable bonds is 6. The maximum Gasteiger partial charge on any atom is 0.265 e. The van der Waals surface area contributed by atoms with Crippen LogP contribution in [0.15, 0.2) is 36.4 Å². The summed E-state index contributed by atoms with van der Waals surface area (Å²) in [5.74, 6) is 4.81. The van der Waals surface area contributed by atoms with Gasteiger partial charge in [-0.05, 0) is 25.0 Å². The molecule has 0 bridgehead atoms. The van der Waals surface area contributed by atoms with Crippen molar-refractivity contribution in [3.8, 4) is 0 Å². The monoisotopic (exact) mass is 234 g/mol. The smallest absolute Gasteiger partial charge is 0.265 e. The molecule has 1 aromatic rings. The van der Waals surface area contributed by atoms with E-state index in [-0.39, 0.29) is 5.91 Å². The number of benzene rings is 1. The van der Waals surface area contributed by atoms with Gasteiger partial charge in [0.15, 0.2) is 0 Å². The molecule has 0 heterocycles. The van der Waals surface area contributed by atoms with Gasteiger partial charge in [-0.2, -0.15) is 0 Å². The third kappa shape index (κ3) is 4.38. The normalized spacial score (nSPS) is 10.0. The minimum atomic E-state index is -0.302. The number of nitrogen functional groups attached to an aromatic ring is 1.